The Morgan fingerprint density at radius 1 is 1.19 bits per heavy atom. The highest BCUT2D eigenvalue weighted by Crippen LogP contribution is 2.41. The number of hydrogen-bond acceptors (Lipinski definition) is 5. The predicted octanol–water partition coefficient (Wildman–Crippen LogP) is 4.14. The Bertz CT molecular complexity index is 1140. The number of hydrogen-bond donors (Lipinski definition) is 1. The molecule has 0 atom stereocenters. The zero-order valence-electron chi connectivity index (χ0n) is 17.6. The number of rotatable bonds is 4. The van der Waals surface area contributed by atoms with Gasteiger partial charge >= 0.3 is 5.97 Å². The van der Waals surface area contributed by atoms with Gasteiger partial charge in [0.05, 0.1) is 34.7 Å². The highest BCUT2D eigenvalue weighted by Gasteiger charge is 2.41. The fraction of sp³-hybridized carbons (Fsp3) is 0.435. The lowest BCUT2D eigenvalue weighted by Crippen LogP contribution is -2.52. The second-order valence-electron chi connectivity index (χ2n) is 8.73. The lowest BCUT2D eigenvalue weighted by atomic mass is 9.84. The van der Waals surface area contributed by atoms with E-state index in [-0.39, 0.29) is 23.0 Å². The number of aromatic nitrogens is 3. The summed E-state index contributed by atoms with van der Waals surface area (Å²) in [7, 11) is 0. The molecule has 162 valence electrons. The van der Waals surface area contributed by atoms with E-state index in [1.807, 2.05) is 0 Å². The lowest BCUT2D eigenvalue weighted by Gasteiger charge is -2.48. The number of piperidine rings is 1. The maximum atomic E-state index is 13.5. The number of ether oxygens (including phenoxy) is 1. The quantitative estimate of drug-likeness (QED) is 0.678. The third kappa shape index (κ3) is 3.35. The number of benzene rings is 1. The molecule has 8 heteroatoms. The standard InChI is InChI=1S/C23H25FN4O3/c1-14(2)20-19-18(27-10-7-23(8-11-27)9-12-31-23)13-17(22(29)30)25-21(19)28(26-20)16-5-3-15(24)4-6-16/h3-6,13-14H,7-12H2,1-2H3,(H,29,30). The van der Waals surface area contributed by atoms with E-state index in [1.165, 1.54) is 12.1 Å². The van der Waals surface area contributed by atoms with Gasteiger partial charge in [-0.05, 0) is 55.5 Å². The smallest absolute Gasteiger partial charge is 0.354 e. The number of pyridine rings is 1. The number of halogens is 1. The van der Waals surface area contributed by atoms with Gasteiger partial charge in [-0.25, -0.2) is 18.9 Å². The van der Waals surface area contributed by atoms with Crippen LogP contribution in [0.1, 0.15) is 55.2 Å². The molecule has 2 aliphatic heterocycles. The lowest BCUT2D eigenvalue weighted by molar-refractivity contribution is -0.158. The Morgan fingerprint density at radius 2 is 1.87 bits per heavy atom. The molecule has 0 saturated carbocycles. The summed E-state index contributed by atoms with van der Waals surface area (Å²) in [5.41, 5.74) is 2.77. The van der Waals surface area contributed by atoms with Crippen molar-refractivity contribution in [2.75, 3.05) is 24.6 Å². The Hall–Kier alpha value is -3.00. The van der Waals surface area contributed by atoms with Crippen molar-refractivity contribution in [2.24, 2.45) is 0 Å². The molecule has 0 radical (unpaired) electrons. The van der Waals surface area contributed by atoms with Gasteiger partial charge in [0, 0.05) is 13.1 Å². The first-order chi connectivity index (χ1) is 14.9. The first kappa shape index (κ1) is 19.9. The van der Waals surface area contributed by atoms with Gasteiger partial charge in [-0.1, -0.05) is 13.8 Å². The monoisotopic (exact) mass is 424 g/mol. The SMILES string of the molecule is CC(C)c1nn(-c2ccc(F)cc2)c2nc(C(=O)O)cc(N3CCC4(CCO4)CC3)c12. The first-order valence-electron chi connectivity index (χ1n) is 10.7. The Morgan fingerprint density at radius 3 is 2.42 bits per heavy atom. The van der Waals surface area contributed by atoms with Crippen molar-refractivity contribution in [3.05, 3.63) is 47.5 Å². The predicted molar refractivity (Wildman–Crippen MR) is 115 cm³/mol. The van der Waals surface area contributed by atoms with Crippen molar-refractivity contribution in [3.63, 3.8) is 0 Å². The molecule has 0 aliphatic carbocycles. The summed E-state index contributed by atoms with van der Waals surface area (Å²) in [4.78, 5) is 18.6. The molecule has 0 bridgehead atoms. The van der Waals surface area contributed by atoms with Crippen molar-refractivity contribution in [3.8, 4) is 5.69 Å². The molecule has 4 heterocycles. The van der Waals surface area contributed by atoms with Crippen LogP contribution in [0, 0.1) is 5.82 Å². The minimum atomic E-state index is -1.09. The van der Waals surface area contributed by atoms with Crippen molar-refractivity contribution in [2.45, 2.75) is 44.6 Å². The highest BCUT2D eigenvalue weighted by molar-refractivity contribution is 5.98. The minimum absolute atomic E-state index is 0.00253. The normalized spacial score (nSPS) is 18.0. The summed E-state index contributed by atoms with van der Waals surface area (Å²) in [6.07, 6.45) is 2.93. The number of carboxylic acid groups (broad SMARTS) is 1. The van der Waals surface area contributed by atoms with Crippen LogP contribution in [-0.2, 0) is 4.74 Å². The van der Waals surface area contributed by atoms with E-state index in [0.717, 1.165) is 55.7 Å². The van der Waals surface area contributed by atoms with Gasteiger partial charge in [0.1, 0.15) is 5.82 Å². The van der Waals surface area contributed by atoms with E-state index in [1.54, 1.807) is 22.9 Å². The molecule has 1 aromatic carbocycles. The van der Waals surface area contributed by atoms with E-state index >= 15 is 0 Å². The van der Waals surface area contributed by atoms with Crippen molar-refractivity contribution < 1.29 is 19.0 Å². The zero-order chi connectivity index (χ0) is 21.8. The summed E-state index contributed by atoms with van der Waals surface area (Å²) >= 11 is 0. The fourth-order valence-corrected chi connectivity index (χ4v) is 4.59. The van der Waals surface area contributed by atoms with Gasteiger partial charge in [-0.15, -0.1) is 0 Å². The topological polar surface area (TPSA) is 80.5 Å². The maximum Gasteiger partial charge on any atom is 0.354 e. The molecule has 3 aromatic rings. The minimum Gasteiger partial charge on any atom is -0.477 e. The molecule has 0 amide bonds. The molecule has 1 spiro atoms. The molecule has 5 rings (SSSR count). The largest absolute Gasteiger partial charge is 0.477 e. The molecular weight excluding hydrogens is 399 g/mol. The average molecular weight is 424 g/mol. The molecule has 1 N–H and O–H groups in total. The van der Waals surface area contributed by atoms with Crippen LogP contribution < -0.4 is 4.90 Å². The number of carboxylic acids is 1. The molecule has 31 heavy (non-hydrogen) atoms. The van der Waals surface area contributed by atoms with Gasteiger partial charge in [-0.3, -0.25) is 0 Å². The van der Waals surface area contributed by atoms with Crippen LogP contribution >= 0.6 is 0 Å². The van der Waals surface area contributed by atoms with Gasteiger partial charge in [0.25, 0.3) is 0 Å². The molecule has 0 unspecified atom stereocenters. The first-order valence-corrected chi connectivity index (χ1v) is 10.7. The van der Waals surface area contributed by atoms with Crippen molar-refractivity contribution in [1.29, 1.82) is 0 Å². The molecule has 2 fully saturated rings. The summed E-state index contributed by atoms with van der Waals surface area (Å²) < 4.78 is 21.0. The average Bonchev–Trinajstić information content (AvgIpc) is 3.12. The Labute approximate surface area is 179 Å². The zero-order valence-corrected chi connectivity index (χ0v) is 17.6. The van der Waals surface area contributed by atoms with Gasteiger partial charge in [0.2, 0.25) is 0 Å². The fourth-order valence-electron chi connectivity index (χ4n) is 4.59. The summed E-state index contributed by atoms with van der Waals surface area (Å²) in [6.45, 7) is 6.51. The maximum absolute atomic E-state index is 13.5. The number of nitrogens with zero attached hydrogens (tertiary/aromatic N) is 4. The van der Waals surface area contributed by atoms with Crippen LogP contribution in [0.2, 0.25) is 0 Å². The van der Waals surface area contributed by atoms with Gasteiger partial charge < -0.3 is 14.7 Å². The Balaban J connectivity index is 1.68. The van der Waals surface area contributed by atoms with E-state index < -0.39 is 5.97 Å². The van der Waals surface area contributed by atoms with Crippen LogP contribution in [0.15, 0.2) is 30.3 Å². The van der Waals surface area contributed by atoms with E-state index in [0.29, 0.717) is 11.3 Å². The molecular formula is C23H25FN4O3. The Kier molecular flexibility index (Phi) is 4.69. The van der Waals surface area contributed by atoms with Crippen LogP contribution in [0.4, 0.5) is 10.1 Å². The van der Waals surface area contributed by atoms with Crippen LogP contribution in [-0.4, -0.2) is 51.1 Å². The highest BCUT2D eigenvalue weighted by atomic mass is 19.1. The second kappa shape index (κ2) is 7.30. The van der Waals surface area contributed by atoms with Gasteiger partial charge in [0.15, 0.2) is 11.3 Å². The van der Waals surface area contributed by atoms with Crippen molar-refractivity contribution in [1.82, 2.24) is 14.8 Å². The molecule has 2 aliphatic rings. The number of carbonyl (C=O) groups is 1. The van der Waals surface area contributed by atoms with Crippen LogP contribution in [0.3, 0.4) is 0 Å². The molecule has 7 nitrogen and oxygen atoms in total. The van der Waals surface area contributed by atoms with E-state index in [2.05, 4.69) is 23.7 Å². The third-order valence-corrected chi connectivity index (χ3v) is 6.46. The summed E-state index contributed by atoms with van der Waals surface area (Å²) in [5, 5.41) is 15.4. The van der Waals surface area contributed by atoms with E-state index in [9.17, 15) is 14.3 Å². The van der Waals surface area contributed by atoms with Crippen LogP contribution in [0.5, 0.6) is 0 Å². The van der Waals surface area contributed by atoms with Crippen molar-refractivity contribution >= 4 is 22.7 Å². The molecule has 2 aromatic heterocycles. The molecule has 2 saturated heterocycles. The number of aromatic carboxylic acids is 1. The third-order valence-electron chi connectivity index (χ3n) is 6.46. The second-order valence-corrected chi connectivity index (χ2v) is 8.73. The number of fused-ring (bicyclic) bond motifs is 1. The summed E-state index contributed by atoms with van der Waals surface area (Å²) in [5.74, 6) is -1.33. The number of anilines is 1. The van der Waals surface area contributed by atoms with E-state index in [4.69, 9.17) is 9.84 Å². The van der Waals surface area contributed by atoms with Gasteiger partial charge in [-0.2, -0.15) is 5.10 Å². The van der Waals surface area contributed by atoms with Crippen LogP contribution in [0.25, 0.3) is 16.7 Å². The summed E-state index contributed by atoms with van der Waals surface area (Å²) in [6, 6.07) is 7.64.